The average molecular weight is 247 g/mol. The number of aromatic nitrogens is 2. The molecule has 1 saturated carbocycles. The van der Waals surface area contributed by atoms with E-state index in [2.05, 4.69) is 16.0 Å². The average Bonchev–Trinajstić information content (AvgIpc) is 2.48. The Labute approximate surface area is 107 Å². The third-order valence-electron chi connectivity index (χ3n) is 3.88. The van der Waals surface area contributed by atoms with E-state index in [1.807, 2.05) is 0 Å². The molecule has 0 aliphatic heterocycles. The van der Waals surface area contributed by atoms with Gasteiger partial charge in [-0.15, -0.1) is 0 Å². The van der Waals surface area contributed by atoms with E-state index < -0.39 is 11.2 Å². The number of nitriles is 1. The second-order valence-corrected chi connectivity index (χ2v) is 4.60. The maximum atomic E-state index is 9.51. The molecule has 0 unspecified atom stereocenters. The van der Waals surface area contributed by atoms with E-state index in [0.717, 1.165) is 5.69 Å². The molecule has 1 aliphatic rings. The zero-order valence-electron chi connectivity index (χ0n) is 10.7. The first-order valence-corrected chi connectivity index (χ1v) is 5.98. The number of methoxy groups -OCH3 is 2. The van der Waals surface area contributed by atoms with Crippen molar-refractivity contribution in [3.05, 3.63) is 24.3 Å². The van der Waals surface area contributed by atoms with Gasteiger partial charge in [0.1, 0.15) is 5.41 Å². The van der Waals surface area contributed by atoms with Crippen molar-refractivity contribution < 1.29 is 9.47 Å². The third-order valence-corrected chi connectivity index (χ3v) is 3.88. The van der Waals surface area contributed by atoms with Crippen molar-refractivity contribution in [2.75, 3.05) is 14.2 Å². The van der Waals surface area contributed by atoms with E-state index in [9.17, 15) is 5.26 Å². The van der Waals surface area contributed by atoms with Gasteiger partial charge in [-0.05, 0) is 12.8 Å². The molecule has 18 heavy (non-hydrogen) atoms. The van der Waals surface area contributed by atoms with E-state index in [-0.39, 0.29) is 0 Å². The minimum Gasteiger partial charge on any atom is -0.353 e. The lowest BCUT2D eigenvalue weighted by Crippen LogP contribution is -2.43. The Bertz CT molecular complexity index is 427. The predicted molar refractivity (Wildman–Crippen MR) is 64.5 cm³/mol. The largest absolute Gasteiger partial charge is 0.353 e. The first-order chi connectivity index (χ1) is 8.70. The monoisotopic (exact) mass is 247 g/mol. The van der Waals surface area contributed by atoms with Crippen molar-refractivity contribution in [3.63, 3.8) is 0 Å². The summed E-state index contributed by atoms with van der Waals surface area (Å²) in [5, 5.41) is 9.51. The smallest absolute Gasteiger partial charge is 0.167 e. The van der Waals surface area contributed by atoms with E-state index in [4.69, 9.17) is 9.47 Å². The summed E-state index contributed by atoms with van der Waals surface area (Å²) in [5.74, 6) is -0.553. The molecule has 5 heteroatoms. The molecule has 0 aromatic carbocycles. The van der Waals surface area contributed by atoms with Crippen LogP contribution in [0.15, 0.2) is 18.6 Å². The zero-order valence-corrected chi connectivity index (χ0v) is 10.7. The lowest BCUT2D eigenvalue weighted by molar-refractivity contribution is -0.227. The van der Waals surface area contributed by atoms with Gasteiger partial charge in [0.2, 0.25) is 0 Å². The predicted octanol–water partition coefficient (Wildman–Crippen LogP) is 1.80. The highest BCUT2D eigenvalue weighted by Gasteiger charge is 2.45. The minimum absolute atomic E-state index is 0.553. The van der Waals surface area contributed by atoms with Crippen LogP contribution in [-0.4, -0.2) is 30.0 Å². The molecule has 1 aliphatic carbocycles. The number of hydrogen-bond acceptors (Lipinski definition) is 5. The highest BCUT2D eigenvalue weighted by Crippen LogP contribution is 2.43. The summed E-state index contributed by atoms with van der Waals surface area (Å²) < 4.78 is 10.9. The van der Waals surface area contributed by atoms with Crippen molar-refractivity contribution in [1.29, 1.82) is 5.26 Å². The van der Waals surface area contributed by atoms with Crippen molar-refractivity contribution in [2.45, 2.75) is 36.9 Å². The summed E-state index contributed by atoms with van der Waals surface area (Å²) in [6.45, 7) is 0. The summed E-state index contributed by atoms with van der Waals surface area (Å²) in [6, 6.07) is 2.41. The molecule has 0 N–H and O–H groups in total. The Morgan fingerprint density at radius 3 is 2.28 bits per heavy atom. The van der Waals surface area contributed by atoms with Crippen LogP contribution in [0.2, 0.25) is 0 Å². The highest BCUT2D eigenvalue weighted by molar-refractivity contribution is 5.25. The van der Waals surface area contributed by atoms with Gasteiger partial charge < -0.3 is 9.47 Å². The van der Waals surface area contributed by atoms with Crippen molar-refractivity contribution >= 4 is 0 Å². The quantitative estimate of drug-likeness (QED) is 0.762. The van der Waals surface area contributed by atoms with E-state index >= 15 is 0 Å². The molecule has 96 valence electrons. The molecule has 0 bridgehead atoms. The number of rotatable bonds is 3. The second-order valence-electron chi connectivity index (χ2n) is 4.60. The fraction of sp³-hybridized carbons (Fsp3) is 0.615. The molecule has 0 radical (unpaired) electrons. The molecule has 0 saturated heterocycles. The van der Waals surface area contributed by atoms with Crippen LogP contribution in [0.3, 0.4) is 0 Å². The lowest BCUT2D eigenvalue weighted by Gasteiger charge is -2.41. The summed E-state index contributed by atoms with van der Waals surface area (Å²) in [7, 11) is 3.29. The van der Waals surface area contributed by atoms with Crippen LogP contribution in [0.25, 0.3) is 0 Å². The Hall–Kier alpha value is -1.51. The molecular weight excluding hydrogens is 230 g/mol. The lowest BCUT2D eigenvalue weighted by atomic mass is 9.71. The summed E-state index contributed by atoms with van der Waals surface area (Å²) in [5.41, 5.74) is 0.183. The molecule has 1 aromatic rings. The Balaban J connectivity index is 2.22. The van der Waals surface area contributed by atoms with Gasteiger partial charge in [0.05, 0.1) is 11.8 Å². The number of hydrogen-bond donors (Lipinski definition) is 0. The van der Waals surface area contributed by atoms with Gasteiger partial charge in [0.25, 0.3) is 0 Å². The third kappa shape index (κ3) is 2.09. The maximum Gasteiger partial charge on any atom is 0.167 e. The van der Waals surface area contributed by atoms with E-state index in [1.54, 1.807) is 32.8 Å². The minimum atomic E-state index is -0.561. The highest BCUT2D eigenvalue weighted by atomic mass is 16.7. The standard InChI is InChI=1S/C13H17N3O2/c1-17-13(18-2)5-3-12(10-14,4-6-13)11-9-15-7-8-16-11/h7-9H,3-6H2,1-2H3. The van der Waals surface area contributed by atoms with Crippen molar-refractivity contribution in [2.24, 2.45) is 0 Å². The Morgan fingerprint density at radius 1 is 1.17 bits per heavy atom. The van der Waals surface area contributed by atoms with Gasteiger partial charge in [0.15, 0.2) is 5.79 Å². The van der Waals surface area contributed by atoms with Crippen molar-refractivity contribution in [3.8, 4) is 6.07 Å². The van der Waals surface area contributed by atoms with Gasteiger partial charge in [0, 0.05) is 45.7 Å². The molecule has 0 atom stereocenters. The van der Waals surface area contributed by atoms with Crippen LogP contribution in [0, 0.1) is 11.3 Å². The summed E-state index contributed by atoms with van der Waals surface area (Å²) in [4.78, 5) is 8.33. The Kier molecular flexibility index (Phi) is 3.60. The summed E-state index contributed by atoms with van der Waals surface area (Å²) in [6.07, 6.45) is 7.63. The van der Waals surface area contributed by atoms with Crippen LogP contribution in [0.4, 0.5) is 0 Å². The molecule has 0 spiro atoms. The first-order valence-electron chi connectivity index (χ1n) is 5.98. The van der Waals surface area contributed by atoms with Crippen LogP contribution in [0.5, 0.6) is 0 Å². The Morgan fingerprint density at radius 2 is 1.83 bits per heavy atom. The summed E-state index contributed by atoms with van der Waals surface area (Å²) >= 11 is 0. The van der Waals surface area contributed by atoms with Gasteiger partial charge >= 0.3 is 0 Å². The van der Waals surface area contributed by atoms with Crippen LogP contribution in [-0.2, 0) is 14.9 Å². The maximum absolute atomic E-state index is 9.51. The van der Waals surface area contributed by atoms with Crippen molar-refractivity contribution in [1.82, 2.24) is 9.97 Å². The molecule has 1 aromatic heterocycles. The topological polar surface area (TPSA) is 68.0 Å². The number of ether oxygens (including phenoxy) is 2. The van der Waals surface area contributed by atoms with Gasteiger partial charge in [-0.3, -0.25) is 9.97 Å². The first kappa shape index (κ1) is 12.9. The molecule has 0 amide bonds. The zero-order chi connectivity index (χ0) is 13.1. The number of nitrogens with zero attached hydrogens (tertiary/aromatic N) is 3. The second kappa shape index (κ2) is 5.01. The molecule has 1 fully saturated rings. The fourth-order valence-electron chi connectivity index (χ4n) is 2.52. The molecule has 2 rings (SSSR count). The fourth-order valence-corrected chi connectivity index (χ4v) is 2.52. The van der Waals surface area contributed by atoms with E-state index in [0.29, 0.717) is 25.7 Å². The van der Waals surface area contributed by atoms with Gasteiger partial charge in [-0.1, -0.05) is 0 Å². The van der Waals surface area contributed by atoms with Gasteiger partial charge in [-0.25, -0.2) is 0 Å². The molecular formula is C13H17N3O2. The van der Waals surface area contributed by atoms with Crippen LogP contribution >= 0.6 is 0 Å². The van der Waals surface area contributed by atoms with E-state index in [1.165, 1.54) is 0 Å². The molecule has 1 heterocycles. The van der Waals surface area contributed by atoms with Crippen LogP contribution in [0.1, 0.15) is 31.4 Å². The molecule has 5 nitrogen and oxygen atoms in total. The van der Waals surface area contributed by atoms with Gasteiger partial charge in [-0.2, -0.15) is 5.26 Å². The SMILES string of the molecule is COC1(OC)CCC(C#N)(c2cnccn2)CC1. The van der Waals surface area contributed by atoms with Crippen LogP contribution < -0.4 is 0 Å². The normalized spacial score (nSPS) is 21.2.